The Morgan fingerprint density at radius 3 is 2.39 bits per heavy atom. The van der Waals surface area contributed by atoms with Gasteiger partial charge in [-0.05, 0) is 36.5 Å². The summed E-state index contributed by atoms with van der Waals surface area (Å²) in [6, 6.07) is 15.7. The minimum absolute atomic E-state index is 0.107. The van der Waals surface area contributed by atoms with Crippen molar-refractivity contribution in [2.24, 2.45) is 5.92 Å². The van der Waals surface area contributed by atoms with Gasteiger partial charge in [-0.25, -0.2) is 18.1 Å². The van der Waals surface area contributed by atoms with E-state index in [1.165, 1.54) is 18.4 Å². The van der Waals surface area contributed by atoms with Crippen LogP contribution in [0.2, 0.25) is 0 Å². The lowest BCUT2D eigenvalue weighted by Crippen LogP contribution is -2.47. The molecule has 2 heterocycles. The summed E-state index contributed by atoms with van der Waals surface area (Å²) in [5.41, 5.74) is 0.781. The second-order valence-electron chi connectivity index (χ2n) is 7.78. The largest absolute Gasteiger partial charge is 0.449 e. The zero-order valence-electron chi connectivity index (χ0n) is 17.3. The van der Waals surface area contributed by atoms with Crippen LogP contribution in [0.25, 0.3) is 11.3 Å². The molecule has 0 radical (unpaired) electrons. The van der Waals surface area contributed by atoms with Gasteiger partial charge in [-0.1, -0.05) is 42.5 Å². The number of benzene rings is 2. The lowest BCUT2D eigenvalue weighted by atomic mass is 9.77. The van der Waals surface area contributed by atoms with E-state index in [1.807, 2.05) is 30.3 Å². The van der Waals surface area contributed by atoms with E-state index in [9.17, 15) is 13.5 Å². The Morgan fingerprint density at radius 2 is 1.77 bits per heavy atom. The second kappa shape index (κ2) is 8.92. The fourth-order valence-corrected chi connectivity index (χ4v) is 5.04. The third kappa shape index (κ3) is 4.72. The van der Waals surface area contributed by atoms with Crippen LogP contribution < -0.4 is 4.72 Å². The number of aromatic nitrogens is 1. The van der Waals surface area contributed by atoms with Crippen LogP contribution >= 0.6 is 0 Å². The molecule has 1 atom stereocenters. The minimum Gasteiger partial charge on any atom is -0.449 e. The van der Waals surface area contributed by atoms with Crippen LogP contribution in [0, 0.1) is 12.8 Å². The number of nitrogens with zero attached hydrogens (tertiary/aromatic N) is 1. The maximum absolute atomic E-state index is 13.0. The van der Waals surface area contributed by atoms with Crippen molar-refractivity contribution in [1.29, 1.82) is 0 Å². The first-order valence-corrected chi connectivity index (χ1v) is 11.7. The molecular formula is C23H26N2O5S. The Hall–Kier alpha value is -2.52. The Morgan fingerprint density at radius 1 is 1.10 bits per heavy atom. The lowest BCUT2D eigenvalue weighted by molar-refractivity contribution is -0.0663. The molecule has 0 saturated carbocycles. The van der Waals surface area contributed by atoms with Crippen LogP contribution in [0.15, 0.2) is 70.2 Å². The monoisotopic (exact) mass is 442 g/mol. The molecule has 1 aromatic heterocycles. The molecule has 2 N–H and O–H groups in total. The summed E-state index contributed by atoms with van der Waals surface area (Å²) in [4.78, 5) is 4.38. The number of sulfonamides is 1. The van der Waals surface area contributed by atoms with Crippen molar-refractivity contribution < 1.29 is 22.7 Å². The summed E-state index contributed by atoms with van der Waals surface area (Å²) >= 11 is 0. The van der Waals surface area contributed by atoms with Gasteiger partial charge in [0.1, 0.15) is 17.6 Å². The Labute approximate surface area is 182 Å². The summed E-state index contributed by atoms with van der Waals surface area (Å²) < 4.78 is 39.2. The summed E-state index contributed by atoms with van der Waals surface area (Å²) in [5, 5.41) is 11.6. The highest BCUT2D eigenvalue weighted by molar-refractivity contribution is 7.89. The second-order valence-corrected chi connectivity index (χ2v) is 9.54. The van der Waals surface area contributed by atoms with Gasteiger partial charge in [0, 0.05) is 32.2 Å². The molecular weight excluding hydrogens is 416 g/mol. The third-order valence-corrected chi connectivity index (χ3v) is 7.20. The Balaban J connectivity index is 1.54. The van der Waals surface area contributed by atoms with Gasteiger partial charge in [-0.15, -0.1) is 0 Å². The smallest absolute Gasteiger partial charge is 0.240 e. The van der Waals surface area contributed by atoms with Crippen LogP contribution in [0.1, 0.15) is 24.3 Å². The van der Waals surface area contributed by atoms with Crippen molar-refractivity contribution in [3.05, 3.63) is 72.3 Å². The first-order chi connectivity index (χ1) is 14.9. The first-order valence-electron chi connectivity index (χ1n) is 10.3. The van der Waals surface area contributed by atoms with Gasteiger partial charge in [0.25, 0.3) is 0 Å². The van der Waals surface area contributed by atoms with Crippen LogP contribution in [0.4, 0.5) is 0 Å². The van der Waals surface area contributed by atoms with Crippen LogP contribution in [0.3, 0.4) is 0 Å². The van der Waals surface area contributed by atoms with Gasteiger partial charge in [0.05, 0.1) is 4.90 Å². The summed E-state index contributed by atoms with van der Waals surface area (Å²) in [7, 11) is -3.82. The fourth-order valence-electron chi connectivity index (χ4n) is 3.97. The molecule has 0 spiro atoms. The predicted molar refractivity (Wildman–Crippen MR) is 116 cm³/mol. The van der Waals surface area contributed by atoms with Gasteiger partial charge in [-0.3, -0.25) is 0 Å². The maximum atomic E-state index is 13.0. The first kappa shape index (κ1) is 21.7. The molecule has 31 heavy (non-hydrogen) atoms. The summed E-state index contributed by atoms with van der Waals surface area (Å²) in [6.45, 7) is 2.73. The number of oxazole rings is 1. The van der Waals surface area contributed by atoms with Gasteiger partial charge < -0.3 is 14.3 Å². The van der Waals surface area contributed by atoms with E-state index < -0.39 is 15.6 Å². The van der Waals surface area contributed by atoms with E-state index in [-0.39, 0.29) is 17.4 Å². The molecule has 0 bridgehead atoms. The van der Waals surface area contributed by atoms with Crippen molar-refractivity contribution in [1.82, 2.24) is 9.71 Å². The van der Waals surface area contributed by atoms with E-state index in [1.54, 1.807) is 19.1 Å². The van der Waals surface area contributed by atoms with E-state index >= 15 is 0 Å². The number of hydrogen-bond donors (Lipinski definition) is 2. The fraction of sp³-hybridized carbons (Fsp3) is 0.348. The zero-order valence-corrected chi connectivity index (χ0v) is 18.1. The maximum Gasteiger partial charge on any atom is 0.240 e. The molecule has 1 aliphatic rings. The number of rotatable bonds is 7. The number of hydrogen-bond acceptors (Lipinski definition) is 6. The van der Waals surface area contributed by atoms with E-state index in [4.69, 9.17) is 9.15 Å². The standard InChI is InChI=1S/C23H26N2O5S/c1-17-25-22(15-30-17)18-7-9-21(10-8-18)31(27,28)24-16-23(26,19-5-3-2-4-6-19)20-11-13-29-14-12-20/h2-10,15,20,24,26H,11-14,16H2,1H3/t23-/m0/s1. The highest BCUT2D eigenvalue weighted by atomic mass is 32.2. The SMILES string of the molecule is Cc1nc(-c2ccc(S(=O)(=O)NC[C@](O)(c3ccccc3)C3CCOCC3)cc2)co1. The molecule has 8 heteroatoms. The molecule has 1 aliphatic heterocycles. The van der Waals surface area contributed by atoms with Crippen LogP contribution in [0.5, 0.6) is 0 Å². The van der Waals surface area contributed by atoms with E-state index in [0.29, 0.717) is 43.2 Å². The number of aliphatic hydroxyl groups is 1. The molecule has 164 valence electrons. The molecule has 0 unspecified atom stereocenters. The predicted octanol–water partition coefficient (Wildman–Crippen LogP) is 3.24. The topological polar surface area (TPSA) is 102 Å². The molecule has 3 aromatic rings. The number of ether oxygens (including phenoxy) is 1. The molecule has 1 saturated heterocycles. The molecule has 0 amide bonds. The highest BCUT2D eigenvalue weighted by Gasteiger charge is 2.40. The normalized spacial score (nSPS) is 17.4. The van der Waals surface area contributed by atoms with Gasteiger partial charge >= 0.3 is 0 Å². The van der Waals surface area contributed by atoms with Gasteiger partial charge in [0.2, 0.25) is 10.0 Å². The molecule has 4 rings (SSSR count). The number of aryl methyl sites for hydroxylation is 1. The van der Waals surface area contributed by atoms with Crippen molar-refractivity contribution in [3.63, 3.8) is 0 Å². The van der Waals surface area contributed by atoms with Crippen molar-refractivity contribution in [2.45, 2.75) is 30.3 Å². The van der Waals surface area contributed by atoms with E-state index in [0.717, 1.165) is 5.56 Å². The van der Waals surface area contributed by atoms with E-state index in [2.05, 4.69) is 9.71 Å². The molecule has 1 fully saturated rings. The molecule has 2 aromatic carbocycles. The van der Waals surface area contributed by atoms with Gasteiger partial charge in [-0.2, -0.15) is 0 Å². The quantitative estimate of drug-likeness (QED) is 0.582. The lowest BCUT2D eigenvalue weighted by Gasteiger charge is -2.39. The summed E-state index contributed by atoms with van der Waals surface area (Å²) in [5.74, 6) is 0.436. The molecule has 7 nitrogen and oxygen atoms in total. The van der Waals surface area contributed by atoms with Crippen LogP contribution in [-0.2, 0) is 20.4 Å². The van der Waals surface area contributed by atoms with Gasteiger partial charge in [0.15, 0.2) is 5.89 Å². The van der Waals surface area contributed by atoms with Crippen molar-refractivity contribution >= 4 is 10.0 Å². The van der Waals surface area contributed by atoms with Crippen LogP contribution in [-0.4, -0.2) is 38.3 Å². The Bertz CT molecular complexity index is 1110. The third-order valence-electron chi connectivity index (χ3n) is 5.78. The van der Waals surface area contributed by atoms with Crippen molar-refractivity contribution in [2.75, 3.05) is 19.8 Å². The minimum atomic E-state index is -3.82. The van der Waals surface area contributed by atoms with Crippen molar-refractivity contribution in [3.8, 4) is 11.3 Å². The highest BCUT2D eigenvalue weighted by Crippen LogP contribution is 2.36. The molecule has 0 aliphatic carbocycles. The zero-order chi connectivity index (χ0) is 21.9. The average Bonchev–Trinajstić information content (AvgIpc) is 3.25. The summed E-state index contributed by atoms with van der Waals surface area (Å²) in [6.07, 6.45) is 2.86. The Kier molecular flexibility index (Phi) is 6.24. The number of nitrogens with one attached hydrogen (secondary N) is 1. The average molecular weight is 443 g/mol.